The van der Waals surface area contributed by atoms with Crippen molar-refractivity contribution >= 4 is 57.3 Å². The van der Waals surface area contributed by atoms with E-state index in [9.17, 15) is 14.7 Å². The van der Waals surface area contributed by atoms with Crippen LogP contribution in [0.15, 0.2) is 28.2 Å². The lowest BCUT2D eigenvalue weighted by atomic mass is 9.82. The van der Waals surface area contributed by atoms with Gasteiger partial charge in [0.2, 0.25) is 0 Å². The van der Waals surface area contributed by atoms with Gasteiger partial charge in [-0.1, -0.05) is 45.7 Å². The van der Waals surface area contributed by atoms with Crippen LogP contribution in [-0.2, 0) is 25.5 Å². The number of aryl methyl sites for hydroxylation is 1. The first-order valence-electron chi connectivity index (χ1n) is 14.8. The van der Waals surface area contributed by atoms with Crippen LogP contribution in [0.25, 0.3) is 0 Å². The molecule has 4 rings (SSSR count). The van der Waals surface area contributed by atoms with Gasteiger partial charge in [0.25, 0.3) is 0 Å². The summed E-state index contributed by atoms with van der Waals surface area (Å²) in [5, 5.41) is 11.6. The summed E-state index contributed by atoms with van der Waals surface area (Å²) in [4.78, 5) is 36.4. The van der Waals surface area contributed by atoms with E-state index in [1.54, 1.807) is 25.8 Å². The molecule has 5 atom stereocenters. The molecule has 3 heterocycles. The second kappa shape index (κ2) is 14.6. The summed E-state index contributed by atoms with van der Waals surface area (Å²) in [6.07, 6.45) is 3.93. The van der Waals surface area contributed by atoms with Crippen molar-refractivity contribution in [1.29, 1.82) is 0 Å². The Morgan fingerprint density at radius 2 is 2.00 bits per heavy atom. The fraction of sp³-hybridized carbons (Fsp3) is 0.677. The molecule has 0 saturated carbocycles. The number of likely N-dealkylation sites (N-methyl/N-ethyl adjacent to an activating group) is 1. The zero-order chi connectivity index (χ0) is 31.4. The summed E-state index contributed by atoms with van der Waals surface area (Å²) >= 11 is 5.05. The number of esters is 1. The fourth-order valence-corrected chi connectivity index (χ4v) is 9.99. The molecule has 0 amide bonds. The maximum Gasteiger partial charge on any atom is 0.332 e. The molecule has 238 valence electrons. The van der Waals surface area contributed by atoms with Gasteiger partial charge in [0, 0.05) is 31.3 Å². The number of hydrogen-bond donors (Lipinski definition) is 1. The highest BCUT2D eigenvalue weighted by molar-refractivity contribution is 8.15. The number of unbranched alkanes of at least 4 members (excludes halogenated alkanes) is 2. The highest BCUT2D eigenvalue weighted by Gasteiger charge is 2.52. The number of aliphatic imine (C=N–C) groups is 2. The molecule has 43 heavy (non-hydrogen) atoms. The van der Waals surface area contributed by atoms with Gasteiger partial charge < -0.3 is 19.3 Å². The Balaban J connectivity index is 1.58. The monoisotopic (exact) mass is 651 g/mol. The first-order valence-corrected chi connectivity index (χ1v) is 17.9. The van der Waals surface area contributed by atoms with Gasteiger partial charge in [0.05, 0.1) is 33.5 Å². The minimum absolute atomic E-state index is 0.0496. The van der Waals surface area contributed by atoms with Crippen LogP contribution >= 0.6 is 35.3 Å². The van der Waals surface area contributed by atoms with E-state index in [2.05, 4.69) is 29.9 Å². The first kappa shape index (κ1) is 34.1. The summed E-state index contributed by atoms with van der Waals surface area (Å²) in [6, 6.07) is 6.18. The second-order valence-corrected chi connectivity index (χ2v) is 15.2. The second-order valence-electron chi connectivity index (χ2n) is 12.1. The number of carboxylic acid groups (broad SMARTS) is 1. The van der Waals surface area contributed by atoms with Crippen LogP contribution in [0.2, 0.25) is 0 Å². The van der Waals surface area contributed by atoms with Crippen LogP contribution in [0, 0.1) is 5.41 Å². The maximum atomic E-state index is 12.4. The predicted octanol–water partition coefficient (Wildman–Crippen LogP) is 5.58. The number of aliphatic carboxylic acids is 1. The fourth-order valence-electron chi connectivity index (χ4n) is 5.76. The van der Waals surface area contributed by atoms with Gasteiger partial charge in [-0.05, 0) is 38.4 Å². The van der Waals surface area contributed by atoms with Gasteiger partial charge in [-0.15, -0.1) is 35.3 Å². The number of thioether (sulfide) groups is 3. The molecule has 0 radical (unpaired) electrons. The molecule has 0 spiro atoms. The van der Waals surface area contributed by atoms with Gasteiger partial charge in [-0.2, -0.15) is 0 Å². The van der Waals surface area contributed by atoms with Gasteiger partial charge in [-0.3, -0.25) is 19.7 Å². The third-order valence-electron chi connectivity index (χ3n) is 8.28. The van der Waals surface area contributed by atoms with E-state index >= 15 is 0 Å². The Morgan fingerprint density at radius 1 is 1.23 bits per heavy atom. The van der Waals surface area contributed by atoms with E-state index in [-0.39, 0.29) is 30.2 Å². The summed E-state index contributed by atoms with van der Waals surface area (Å²) in [5.74, 6) is 1.46. The number of rotatable bonds is 14. The zero-order valence-electron chi connectivity index (χ0n) is 26.3. The van der Waals surface area contributed by atoms with Gasteiger partial charge in [0.1, 0.15) is 16.9 Å². The van der Waals surface area contributed by atoms with E-state index in [0.29, 0.717) is 10.8 Å². The minimum Gasteiger partial charge on any atom is -0.479 e. The SMILES string of the molecule is CCCCCc1cccc(OCOC)c1C1=N[C@@H]([C@H]2SC[C@@H]([C@@H](OC(C)=O)C(C)(C)C3=N[C@@](C)(C(=O)O)CS3)N2C)CS1. The largest absolute Gasteiger partial charge is 0.479 e. The minimum atomic E-state index is -1.18. The van der Waals surface area contributed by atoms with E-state index in [1.807, 2.05) is 37.7 Å². The van der Waals surface area contributed by atoms with E-state index in [4.69, 9.17) is 19.2 Å². The highest BCUT2D eigenvalue weighted by atomic mass is 32.2. The van der Waals surface area contributed by atoms with Gasteiger partial charge in [-0.25, -0.2) is 4.79 Å². The van der Waals surface area contributed by atoms with Crippen molar-refractivity contribution in [2.45, 2.75) is 89.4 Å². The van der Waals surface area contributed by atoms with Crippen LogP contribution in [0.3, 0.4) is 0 Å². The average molecular weight is 652 g/mol. The summed E-state index contributed by atoms with van der Waals surface area (Å²) in [5.41, 5.74) is 0.477. The van der Waals surface area contributed by atoms with Crippen LogP contribution in [-0.4, -0.2) is 99.3 Å². The molecular formula is C31H45N3O6S3. The number of ether oxygens (including phenoxy) is 3. The molecular weight excluding hydrogens is 607 g/mol. The van der Waals surface area contributed by atoms with Crippen molar-refractivity contribution in [1.82, 2.24) is 4.90 Å². The topological polar surface area (TPSA) is 110 Å². The Kier molecular flexibility index (Phi) is 11.6. The molecule has 12 heteroatoms. The lowest BCUT2D eigenvalue weighted by Crippen LogP contribution is -2.53. The average Bonchev–Trinajstić information content (AvgIpc) is 3.70. The van der Waals surface area contributed by atoms with Crippen molar-refractivity contribution in [3.05, 3.63) is 29.3 Å². The van der Waals surface area contributed by atoms with E-state index < -0.39 is 23.0 Å². The molecule has 1 N–H and O–H groups in total. The van der Waals surface area contributed by atoms with Crippen molar-refractivity contribution < 1.29 is 28.9 Å². The number of benzene rings is 1. The van der Waals surface area contributed by atoms with Gasteiger partial charge in [0.15, 0.2) is 12.3 Å². The van der Waals surface area contributed by atoms with E-state index in [1.165, 1.54) is 30.7 Å². The zero-order valence-corrected chi connectivity index (χ0v) is 28.7. The normalized spacial score (nSPS) is 26.7. The highest BCUT2D eigenvalue weighted by Crippen LogP contribution is 2.45. The Bertz CT molecular complexity index is 1240. The maximum absolute atomic E-state index is 12.4. The molecule has 3 aliphatic rings. The van der Waals surface area contributed by atoms with Crippen LogP contribution in [0.4, 0.5) is 0 Å². The third-order valence-corrected chi connectivity index (χ3v) is 12.5. The summed E-state index contributed by atoms with van der Waals surface area (Å²) in [6.45, 7) is 9.47. The number of hydrogen-bond acceptors (Lipinski definition) is 11. The molecule has 0 aromatic heterocycles. The summed E-state index contributed by atoms with van der Waals surface area (Å²) < 4.78 is 17.2. The van der Waals surface area contributed by atoms with Crippen LogP contribution in [0.1, 0.15) is 65.0 Å². The number of nitrogens with zero attached hydrogens (tertiary/aromatic N) is 3. The summed E-state index contributed by atoms with van der Waals surface area (Å²) in [7, 11) is 3.70. The first-order chi connectivity index (χ1) is 20.4. The third kappa shape index (κ3) is 7.57. The Hall–Kier alpha value is -1.73. The van der Waals surface area contributed by atoms with Crippen LogP contribution < -0.4 is 4.74 Å². The number of carbonyl (C=O) groups excluding carboxylic acids is 1. The molecule has 1 saturated heterocycles. The van der Waals surface area contributed by atoms with Gasteiger partial charge >= 0.3 is 11.9 Å². The predicted molar refractivity (Wildman–Crippen MR) is 178 cm³/mol. The molecule has 9 nitrogen and oxygen atoms in total. The molecule has 1 aromatic rings. The number of carboxylic acids is 1. The molecule has 3 aliphatic heterocycles. The molecule has 0 aliphatic carbocycles. The lowest BCUT2D eigenvalue weighted by Gasteiger charge is -2.40. The standard InChI is InChI=1S/C31H45N3O6S3/c1-8-9-10-12-20-13-11-14-23(39-18-38-7)24(20)26-32-21(15-41-26)27-34(6)22(16-42-27)25(40-19(2)35)30(3,4)28-33-31(5,17-43-28)29(36)37/h11,13-14,21-22,25,27H,8-10,12,15-18H2,1-7H3,(H,36,37)/t21-,22+,25-,27-,31-/m1/s1. The Morgan fingerprint density at radius 3 is 2.65 bits per heavy atom. The van der Waals surface area contributed by atoms with Crippen molar-refractivity contribution in [2.75, 3.05) is 38.2 Å². The quantitative estimate of drug-likeness (QED) is 0.155. The smallest absolute Gasteiger partial charge is 0.332 e. The van der Waals surface area contributed by atoms with E-state index in [0.717, 1.165) is 47.1 Å². The lowest BCUT2D eigenvalue weighted by molar-refractivity contribution is -0.154. The van der Waals surface area contributed by atoms with Crippen molar-refractivity contribution in [3.63, 3.8) is 0 Å². The molecule has 1 aromatic carbocycles. The number of methoxy groups -OCH3 is 1. The molecule has 1 fully saturated rings. The van der Waals surface area contributed by atoms with Crippen LogP contribution in [0.5, 0.6) is 5.75 Å². The van der Waals surface area contributed by atoms with Crippen molar-refractivity contribution in [2.24, 2.45) is 15.4 Å². The Labute approximate surface area is 268 Å². The molecule has 0 bridgehead atoms. The number of carbonyl (C=O) groups is 2. The molecule has 0 unspecified atom stereocenters. The van der Waals surface area contributed by atoms with Crippen molar-refractivity contribution in [3.8, 4) is 5.75 Å².